The molecule has 1 heterocycles. The average Bonchev–Trinajstić information content (AvgIpc) is 2.14. The van der Waals surface area contributed by atoms with E-state index in [-0.39, 0.29) is 0 Å². The first-order chi connectivity index (χ1) is 6.91. The monoisotopic (exact) mass is 226 g/mol. The molecule has 1 aromatic rings. The molecule has 2 nitrogen and oxygen atoms in total. The van der Waals surface area contributed by atoms with Crippen LogP contribution >= 0.6 is 11.6 Å². The van der Waals surface area contributed by atoms with E-state index in [1.54, 1.807) is 12.4 Å². The van der Waals surface area contributed by atoms with Gasteiger partial charge in [0.25, 0.3) is 0 Å². The first-order valence-corrected chi connectivity index (χ1v) is 5.62. The third-order valence-electron chi connectivity index (χ3n) is 2.85. The maximum absolute atomic E-state index is 6.00. The molecule has 0 radical (unpaired) electrons. The minimum absolute atomic E-state index is 0.312. The van der Waals surface area contributed by atoms with Gasteiger partial charge in [-0.25, -0.2) is 0 Å². The van der Waals surface area contributed by atoms with E-state index in [1.165, 1.54) is 0 Å². The van der Waals surface area contributed by atoms with Gasteiger partial charge in [0.2, 0.25) is 0 Å². The largest absolute Gasteiger partial charge is 0.383 e. The van der Waals surface area contributed by atoms with Crippen LogP contribution in [0.15, 0.2) is 18.5 Å². The molecule has 0 spiro atoms. The summed E-state index contributed by atoms with van der Waals surface area (Å²) >= 11 is 6.00. The van der Waals surface area contributed by atoms with Crippen LogP contribution in [0.3, 0.4) is 0 Å². The van der Waals surface area contributed by atoms with Crippen molar-refractivity contribution in [3.8, 4) is 0 Å². The highest BCUT2D eigenvalue weighted by molar-refractivity contribution is 6.33. The van der Waals surface area contributed by atoms with E-state index in [0.717, 1.165) is 12.2 Å². The van der Waals surface area contributed by atoms with Crippen molar-refractivity contribution in [3.63, 3.8) is 0 Å². The normalized spacial score (nSPS) is 13.7. The zero-order valence-electron chi connectivity index (χ0n) is 9.84. The number of anilines is 1. The van der Waals surface area contributed by atoms with Gasteiger partial charge >= 0.3 is 0 Å². The summed E-state index contributed by atoms with van der Waals surface area (Å²) in [6.07, 6.45) is 3.40. The van der Waals surface area contributed by atoms with Crippen LogP contribution in [-0.2, 0) is 0 Å². The molecule has 1 atom stereocenters. The molecular weight excluding hydrogens is 208 g/mol. The summed E-state index contributed by atoms with van der Waals surface area (Å²) in [5.74, 6) is 0.585. The van der Waals surface area contributed by atoms with Gasteiger partial charge in [0.15, 0.2) is 0 Å². The molecule has 15 heavy (non-hydrogen) atoms. The molecule has 0 aliphatic rings. The van der Waals surface area contributed by atoms with Crippen molar-refractivity contribution in [1.29, 1.82) is 0 Å². The van der Waals surface area contributed by atoms with Crippen LogP contribution < -0.4 is 5.32 Å². The second kappa shape index (κ2) is 4.84. The lowest BCUT2D eigenvalue weighted by atomic mass is 9.82. The van der Waals surface area contributed by atoms with Gasteiger partial charge in [-0.3, -0.25) is 4.98 Å². The van der Waals surface area contributed by atoms with Gasteiger partial charge < -0.3 is 5.32 Å². The number of nitrogens with zero attached hydrogens (tertiary/aromatic N) is 1. The van der Waals surface area contributed by atoms with Crippen LogP contribution in [0.2, 0.25) is 5.02 Å². The molecule has 1 rings (SSSR count). The second-order valence-corrected chi connectivity index (χ2v) is 5.41. The number of nitrogens with one attached hydrogen (secondary N) is 1. The Hall–Kier alpha value is -0.760. The SMILES string of the molecule is CC(CNc1ccncc1Cl)C(C)(C)C. The highest BCUT2D eigenvalue weighted by Crippen LogP contribution is 2.26. The van der Waals surface area contributed by atoms with E-state index in [2.05, 4.69) is 38.0 Å². The number of pyridine rings is 1. The maximum Gasteiger partial charge on any atom is 0.0820 e. The average molecular weight is 227 g/mol. The van der Waals surface area contributed by atoms with E-state index in [9.17, 15) is 0 Å². The molecule has 0 amide bonds. The van der Waals surface area contributed by atoms with E-state index in [0.29, 0.717) is 16.4 Å². The van der Waals surface area contributed by atoms with Crippen LogP contribution in [0.1, 0.15) is 27.7 Å². The molecule has 1 N–H and O–H groups in total. The van der Waals surface area contributed by atoms with Crippen LogP contribution in [0.5, 0.6) is 0 Å². The summed E-state index contributed by atoms with van der Waals surface area (Å²) < 4.78 is 0. The van der Waals surface area contributed by atoms with E-state index < -0.39 is 0 Å². The Balaban J connectivity index is 2.55. The lowest BCUT2D eigenvalue weighted by Crippen LogP contribution is -2.24. The Labute approximate surface area is 97.1 Å². The van der Waals surface area contributed by atoms with Crippen LogP contribution in [-0.4, -0.2) is 11.5 Å². The predicted octanol–water partition coefficient (Wildman–Crippen LogP) is 3.83. The van der Waals surface area contributed by atoms with E-state index >= 15 is 0 Å². The summed E-state index contributed by atoms with van der Waals surface area (Å²) in [5, 5.41) is 4.03. The summed E-state index contributed by atoms with van der Waals surface area (Å²) in [7, 11) is 0. The number of rotatable bonds is 3. The maximum atomic E-state index is 6.00. The van der Waals surface area contributed by atoms with Crippen molar-refractivity contribution >= 4 is 17.3 Å². The molecule has 0 aromatic carbocycles. The Kier molecular flexibility index (Phi) is 3.97. The van der Waals surface area contributed by atoms with Gasteiger partial charge in [-0.05, 0) is 17.4 Å². The fraction of sp³-hybridized carbons (Fsp3) is 0.583. The van der Waals surface area contributed by atoms with Gasteiger partial charge in [0.05, 0.1) is 10.7 Å². The van der Waals surface area contributed by atoms with Crippen molar-refractivity contribution in [3.05, 3.63) is 23.5 Å². The highest BCUT2D eigenvalue weighted by Gasteiger charge is 2.19. The first-order valence-electron chi connectivity index (χ1n) is 5.24. The lowest BCUT2D eigenvalue weighted by molar-refractivity contribution is 0.274. The van der Waals surface area contributed by atoms with E-state index in [4.69, 9.17) is 11.6 Å². The third-order valence-corrected chi connectivity index (χ3v) is 3.15. The second-order valence-electron chi connectivity index (χ2n) is 5.00. The van der Waals surface area contributed by atoms with Gasteiger partial charge in [-0.15, -0.1) is 0 Å². The minimum Gasteiger partial charge on any atom is -0.383 e. The van der Waals surface area contributed by atoms with Gasteiger partial charge in [0, 0.05) is 18.9 Å². The molecule has 0 saturated heterocycles. The first kappa shape index (κ1) is 12.3. The van der Waals surface area contributed by atoms with Crippen LogP contribution in [0, 0.1) is 11.3 Å². The van der Waals surface area contributed by atoms with Crippen molar-refractivity contribution in [1.82, 2.24) is 4.98 Å². The molecular formula is C12H19ClN2. The van der Waals surface area contributed by atoms with Crippen molar-refractivity contribution in [2.75, 3.05) is 11.9 Å². The Morgan fingerprint density at radius 2 is 2.13 bits per heavy atom. The van der Waals surface area contributed by atoms with Crippen LogP contribution in [0.4, 0.5) is 5.69 Å². The molecule has 0 fully saturated rings. The molecule has 1 unspecified atom stereocenters. The number of aromatic nitrogens is 1. The number of halogens is 1. The Morgan fingerprint density at radius 3 is 2.67 bits per heavy atom. The smallest absolute Gasteiger partial charge is 0.0820 e. The summed E-state index contributed by atoms with van der Waals surface area (Å²) in [4.78, 5) is 3.95. The summed E-state index contributed by atoms with van der Waals surface area (Å²) in [6, 6.07) is 1.90. The minimum atomic E-state index is 0.312. The van der Waals surface area contributed by atoms with Gasteiger partial charge in [-0.1, -0.05) is 39.3 Å². The zero-order valence-corrected chi connectivity index (χ0v) is 10.6. The molecule has 0 bridgehead atoms. The summed E-state index contributed by atoms with van der Waals surface area (Å²) in [5.41, 5.74) is 1.27. The fourth-order valence-electron chi connectivity index (χ4n) is 1.09. The van der Waals surface area contributed by atoms with Crippen LogP contribution in [0.25, 0.3) is 0 Å². The quantitative estimate of drug-likeness (QED) is 0.848. The fourth-order valence-corrected chi connectivity index (χ4v) is 1.27. The lowest BCUT2D eigenvalue weighted by Gasteiger charge is -2.27. The Bertz CT molecular complexity index is 318. The van der Waals surface area contributed by atoms with E-state index in [1.807, 2.05) is 6.07 Å². The molecule has 84 valence electrons. The number of hydrogen-bond acceptors (Lipinski definition) is 2. The Morgan fingerprint density at radius 1 is 1.47 bits per heavy atom. The van der Waals surface area contributed by atoms with Crippen molar-refractivity contribution in [2.24, 2.45) is 11.3 Å². The topological polar surface area (TPSA) is 24.9 Å². The van der Waals surface area contributed by atoms with Crippen molar-refractivity contribution < 1.29 is 0 Å². The standard InChI is InChI=1S/C12H19ClN2/c1-9(12(2,3)4)7-15-11-5-6-14-8-10(11)13/h5-6,8-9H,7H2,1-4H3,(H,14,15). The molecule has 0 saturated carbocycles. The molecule has 0 aliphatic heterocycles. The van der Waals surface area contributed by atoms with Gasteiger partial charge in [0.1, 0.15) is 0 Å². The summed E-state index contributed by atoms with van der Waals surface area (Å²) in [6.45, 7) is 9.89. The molecule has 3 heteroatoms. The molecule has 1 aromatic heterocycles. The molecule has 0 aliphatic carbocycles. The van der Waals surface area contributed by atoms with Crippen molar-refractivity contribution in [2.45, 2.75) is 27.7 Å². The van der Waals surface area contributed by atoms with Gasteiger partial charge in [-0.2, -0.15) is 0 Å². The third kappa shape index (κ3) is 3.71. The number of hydrogen-bond donors (Lipinski definition) is 1. The highest BCUT2D eigenvalue weighted by atomic mass is 35.5. The zero-order chi connectivity index (χ0) is 11.5. The predicted molar refractivity (Wildman–Crippen MR) is 66.4 cm³/mol.